The quantitative estimate of drug-likeness (QED) is 0.435. The number of thiocarbonyl (C=S) groups is 1. The van der Waals surface area contributed by atoms with E-state index in [1.54, 1.807) is 11.8 Å². The number of hydrogen-bond donors (Lipinski definition) is 1. The number of thioether (sulfide) groups is 2. The fraction of sp³-hybridized carbons (Fsp3) is 0.500. The Hall–Kier alpha value is -1.25. The van der Waals surface area contributed by atoms with Crippen molar-refractivity contribution >= 4 is 57.6 Å². The molecule has 5 nitrogen and oxygen atoms in total. The summed E-state index contributed by atoms with van der Waals surface area (Å²) in [6.45, 7) is 3.84. The summed E-state index contributed by atoms with van der Waals surface area (Å²) < 4.78 is 5.78. The Labute approximate surface area is 168 Å². The van der Waals surface area contributed by atoms with Crippen molar-refractivity contribution in [3.8, 4) is 0 Å². The molecule has 1 aliphatic rings. The number of ether oxygens (including phenoxy) is 1. The number of carbonyl (C=O) groups excluding carboxylic acids is 2. The fourth-order valence-corrected chi connectivity index (χ4v) is 4.13. The molecule has 1 saturated heterocycles. The van der Waals surface area contributed by atoms with Gasteiger partial charge in [-0.25, -0.2) is 0 Å². The average molecular weight is 413 g/mol. The molecule has 142 valence electrons. The van der Waals surface area contributed by atoms with Crippen molar-refractivity contribution in [3.05, 3.63) is 24.3 Å². The number of piperidine rings is 1. The molecule has 1 heterocycles. The molecule has 1 amide bonds. The van der Waals surface area contributed by atoms with Crippen LogP contribution >= 0.6 is 35.7 Å². The third kappa shape index (κ3) is 6.81. The van der Waals surface area contributed by atoms with E-state index in [1.807, 2.05) is 30.5 Å². The lowest BCUT2D eigenvalue weighted by Gasteiger charge is -2.31. The SMILES string of the molecule is CSc1ccccc1NC(=O)COC(=O)CSC(=S)N1CCC(C)CC1. The average Bonchev–Trinajstić information content (AvgIpc) is 2.65. The van der Waals surface area contributed by atoms with Gasteiger partial charge < -0.3 is 15.0 Å². The zero-order valence-electron chi connectivity index (χ0n) is 15.0. The predicted molar refractivity (Wildman–Crippen MR) is 113 cm³/mol. The zero-order valence-corrected chi connectivity index (χ0v) is 17.5. The zero-order chi connectivity index (χ0) is 18.9. The van der Waals surface area contributed by atoms with E-state index in [2.05, 4.69) is 17.1 Å². The van der Waals surface area contributed by atoms with Crippen LogP contribution in [0.3, 0.4) is 0 Å². The first-order valence-corrected chi connectivity index (χ1v) is 11.1. The third-order valence-electron chi connectivity index (χ3n) is 4.10. The molecule has 0 radical (unpaired) electrons. The van der Waals surface area contributed by atoms with Gasteiger partial charge >= 0.3 is 5.97 Å². The Bertz CT molecular complexity index is 646. The molecular weight excluding hydrogens is 388 g/mol. The highest BCUT2D eigenvalue weighted by Crippen LogP contribution is 2.24. The number of esters is 1. The van der Waals surface area contributed by atoms with Crippen molar-refractivity contribution in [1.29, 1.82) is 0 Å². The van der Waals surface area contributed by atoms with E-state index < -0.39 is 5.97 Å². The van der Waals surface area contributed by atoms with Crippen LogP contribution < -0.4 is 5.32 Å². The Balaban J connectivity index is 1.68. The molecule has 0 saturated carbocycles. The van der Waals surface area contributed by atoms with E-state index in [0.717, 1.165) is 46.8 Å². The predicted octanol–water partition coefficient (Wildman–Crippen LogP) is 3.64. The highest BCUT2D eigenvalue weighted by molar-refractivity contribution is 8.23. The second-order valence-electron chi connectivity index (χ2n) is 6.13. The molecule has 0 atom stereocenters. The van der Waals surface area contributed by atoms with Gasteiger partial charge in [0.15, 0.2) is 6.61 Å². The van der Waals surface area contributed by atoms with Crippen LogP contribution in [0.2, 0.25) is 0 Å². The minimum Gasteiger partial charge on any atom is -0.455 e. The molecule has 0 spiro atoms. The molecule has 1 aromatic rings. The summed E-state index contributed by atoms with van der Waals surface area (Å²) in [5.41, 5.74) is 0.718. The number of nitrogens with zero attached hydrogens (tertiary/aromatic N) is 1. The van der Waals surface area contributed by atoms with E-state index in [9.17, 15) is 9.59 Å². The second-order valence-corrected chi connectivity index (χ2v) is 8.59. The van der Waals surface area contributed by atoms with Crippen molar-refractivity contribution in [3.63, 3.8) is 0 Å². The van der Waals surface area contributed by atoms with E-state index in [-0.39, 0.29) is 18.3 Å². The summed E-state index contributed by atoms with van der Waals surface area (Å²) in [6.07, 6.45) is 4.19. The molecule has 2 rings (SSSR count). The van der Waals surface area contributed by atoms with E-state index >= 15 is 0 Å². The van der Waals surface area contributed by atoms with Gasteiger partial charge in [0.25, 0.3) is 5.91 Å². The lowest BCUT2D eigenvalue weighted by molar-refractivity contribution is -0.144. The van der Waals surface area contributed by atoms with Gasteiger partial charge in [-0.2, -0.15) is 0 Å². The Kier molecular flexibility index (Phi) is 8.74. The van der Waals surface area contributed by atoms with Crippen molar-refractivity contribution in [2.75, 3.05) is 37.0 Å². The van der Waals surface area contributed by atoms with Crippen LogP contribution in [-0.4, -0.2) is 52.8 Å². The fourth-order valence-electron chi connectivity index (χ4n) is 2.53. The van der Waals surface area contributed by atoms with Gasteiger partial charge in [0.2, 0.25) is 0 Å². The summed E-state index contributed by atoms with van der Waals surface area (Å²) in [7, 11) is 0. The maximum Gasteiger partial charge on any atom is 0.316 e. The standard InChI is InChI=1S/C18H24N2O3S3/c1-13-7-9-20(10-8-13)18(24)26-12-17(22)23-11-16(21)19-14-5-3-4-6-15(14)25-2/h3-6,13H,7-12H2,1-2H3,(H,19,21). The summed E-state index contributed by atoms with van der Waals surface area (Å²) >= 11 is 8.22. The van der Waals surface area contributed by atoms with Gasteiger partial charge in [-0.1, -0.05) is 43.0 Å². The number of carbonyl (C=O) groups is 2. The van der Waals surface area contributed by atoms with Crippen molar-refractivity contribution in [1.82, 2.24) is 4.90 Å². The van der Waals surface area contributed by atoms with Crippen molar-refractivity contribution < 1.29 is 14.3 Å². The Morgan fingerprint density at radius 1 is 1.31 bits per heavy atom. The van der Waals surface area contributed by atoms with Crippen LogP contribution in [0.15, 0.2) is 29.2 Å². The molecule has 1 aliphatic heterocycles. The molecule has 1 fully saturated rings. The van der Waals surface area contributed by atoms with Gasteiger partial charge in [0.1, 0.15) is 4.32 Å². The first-order valence-electron chi connectivity index (χ1n) is 8.49. The minimum absolute atomic E-state index is 0.125. The van der Waals surface area contributed by atoms with Crippen LogP contribution in [0.5, 0.6) is 0 Å². The molecule has 0 aromatic heterocycles. The number of amides is 1. The summed E-state index contributed by atoms with van der Waals surface area (Å²) in [6, 6.07) is 7.50. The van der Waals surface area contributed by atoms with Gasteiger partial charge in [0, 0.05) is 18.0 Å². The lowest BCUT2D eigenvalue weighted by atomic mass is 10.00. The van der Waals surface area contributed by atoms with Crippen LogP contribution in [0.4, 0.5) is 5.69 Å². The Morgan fingerprint density at radius 3 is 2.69 bits per heavy atom. The van der Waals surface area contributed by atoms with Gasteiger partial charge in [-0.3, -0.25) is 9.59 Å². The van der Waals surface area contributed by atoms with Gasteiger partial charge in [-0.05, 0) is 37.1 Å². The summed E-state index contributed by atoms with van der Waals surface area (Å²) in [5, 5.41) is 2.76. The van der Waals surface area contributed by atoms with Crippen molar-refractivity contribution in [2.24, 2.45) is 5.92 Å². The topological polar surface area (TPSA) is 58.6 Å². The largest absolute Gasteiger partial charge is 0.455 e. The number of rotatable bonds is 6. The van der Waals surface area contributed by atoms with Crippen LogP contribution in [0.25, 0.3) is 0 Å². The molecule has 1 aromatic carbocycles. The van der Waals surface area contributed by atoms with Crippen molar-refractivity contribution in [2.45, 2.75) is 24.7 Å². The monoisotopic (exact) mass is 412 g/mol. The van der Waals surface area contributed by atoms with Crippen LogP contribution in [0, 0.1) is 5.92 Å². The number of likely N-dealkylation sites (tertiary alicyclic amines) is 1. The first kappa shape index (κ1) is 21.1. The summed E-state index contributed by atoms with van der Waals surface area (Å²) in [5.74, 6) is 0.0757. The molecule has 1 N–H and O–H groups in total. The Morgan fingerprint density at radius 2 is 2.00 bits per heavy atom. The highest BCUT2D eigenvalue weighted by atomic mass is 32.2. The van der Waals surface area contributed by atoms with Crippen LogP contribution in [-0.2, 0) is 14.3 Å². The van der Waals surface area contributed by atoms with Gasteiger partial charge in [0.05, 0.1) is 11.4 Å². The molecule has 0 aliphatic carbocycles. The normalized spacial score (nSPS) is 14.8. The highest BCUT2D eigenvalue weighted by Gasteiger charge is 2.19. The number of para-hydroxylation sites is 1. The number of anilines is 1. The minimum atomic E-state index is -0.434. The smallest absolute Gasteiger partial charge is 0.316 e. The maximum atomic E-state index is 12.0. The third-order valence-corrected chi connectivity index (χ3v) is 6.39. The molecule has 8 heteroatoms. The first-order chi connectivity index (χ1) is 12.5. The van der Waals surface area contributed by atoms with E-state index in [0.29, 0.717) is 0 Å². The number of nitrogens with one attached hydrogen (secondary N) is 1. The number of benzene rings is 1. The molecule has 0 bridgehead atoms. The lowest BCUT2D eigenvalue weighted by Crippen LogP contribution is -2.36. The second kappa shape index (κ2) is 10.8. The molecule has 0 unspecified atom stereocenters. The van der Waals surface area contributed by atoms with E-state index in [1.165, 1.54) is 11.8 Å². The van der Waals surface area contributed by atoms with E-state index in [4.69, 9.17) is 17.0 Å². The molecular formula is C18H24N2O3S3. The summed E-state index contributed by atoms with van der Waals surface area (Å²) in [4.78, 5) is 26.9. The molecule has 26 heavy (non-hydrogen) atoms. The maximum absolute atomic E-state index is 12.0. The van der Waals surface area contributed by atoms with Crippen LogP contribution in [0.1, 0.15) is 19.8 Å². The van der Waals surface area contributed by atoms with Gasteiger partial charge in [-0.15, -0.1) is 11.8 Å². The number of hydrogen-bond acceptors (Lipinski definition) is 6.